The Hall–Kier alpha value is -2.55. The second-order valence-corrected chi connectivity index (χ2v) is 5.04. The topological polar surface area (TPSA) is 46.3 Å². The third-order valence-corrected chi connectivity index (χ3v) is 3.57. The molecule has 2 aromatic rings. The number of carbonyl (C=O) groups excluding carboxylic acids is 1. The molecule has 2 aromatic carbocycles. The molecule has 2 rings (SSSR count). The van der Waals surface area contributed by atoms with Gasteiger partial charge in [-0.2, -0.15) is 0 Å². The summed E-state index contributed by atoms with van der Waals surface area (Å²) in [6.07, 6.45) is 3.39. The van der Waals surface area contributed by atoms with Crippen LogP contribution < -0.4 is 5.73 Å². The monoisotopic (exact) mass is 280 g/mol. The van der Waals surface area contributed by atoms with Crippen LogP contribution in [0.1, 0.15) is 24.1 Å². The predicted octanol–water partition coefficient (Wildman–Crippen LogP) is 3.50. The van der Waals surface area contributed by atoms with Crippen molar-refractivity contribution in [2.75, 3.05) is 12.8 Å². The Morgan fingerprint density at radius 2 is 1.71 bits per heavy atom. The summed E-state index contributed by atoms with van der Waals surface area (Å²) in [6, 6.07) is 17.4. The first-order valence-corrected chi connectivity index (χ1v) is 6.93. The Morgan fingerprint density at radius 3 is 2.33 bits per heavy atom. The molecule has 0 aromatic heterocycles. The quantitative estimate of drug-likeness (QED) is 0.688. The summed E-state index contributed by atoms with van der Waals surface area (Å²) >= 11 is 0. The molecule has 0 saturated heterocycles. The number of amides is 1. The summed E-state index contributed by atoms with van der Waals surface area (Å²) in [5.41, 5.74) is 8.43. The molecule has 0 bridgehead atoms. The van der Waals surface area contributed by atoms with Gasteiger partial charge in [0.1, 0.15) is 0 Å². The Bertz CT molecular complexity index is 617. The molecule has 1 amide bonds. The molecular formula is C18H20N2O. The van der Waals surface area contributed by atoms with Gasteiger partial charge in [0.2, 0.25) is 5.91 Å². The molecule has 21 heavy (non-hydrogen) atoms. The average molecular weight is 280 g/mol. The fraction of sp³-hybridized carbons (Fsp3) is 0.167. The molecule has 1 atom stereocenters. The Kier molecular flexibility index (Phi) is 4.77. The van der Waals surface area contributed by atoms with Crippen molar-refractivity contribution >= 4 is 17.7 Å². The van der Waals surface area contributed by atoms with Crippen LogP contribution >= 0.6 is 0 Å². The largest absolute Gasteiger partial charge is 0.399 e. The lowest BCUT2D eigenvalue weighted by molar-refractivity contribution is -0.126. The van der Waals surface area contributed by atoms with Crippen LogP contribution in [0.5, 0.6) is 0 Å². The lowest BCUT2D eigenvalue weighted by atomic mass is 10.1. The number of carbonyl (C=O) groups is 1. The molecule has 3 heteroatoms. The molecule has 0 aliphatic heterocycles. The molecule has 0 fully saturated rings. The second kappa shape index (κ2) is 6.75. The van der Waals surface area contributed by atoms with Crippen LogP contribution in [0.3, 0.4) is 0 Å². The van der Waals surface area contributed by atoms with Crippen molar-refractivity contribution in [1.29, 1.82) is 0 Å². The first kappa shape index (κ1) is 14.9. The van der Waals surface area contributed by atoms with Gasteiger partial charge in [0, 0.05) is 18.8 Å². The van der Waals surface area contributed by atoms with E-state index in [1.807, 2.05) is 68.6 Å². The van der Waals surface area contributed by atoms with E-state index in [1.165, 1.54) is 0 Å². The lowest BCUT2D eigenvalue weighted by Gasteiger charge is -2.24. The van der Waals surface area contributed by atoms with Gasteiger partial charge in [0.15, 0.2) is 0 Å². The van der Waals surface area contributed by atoms with Crippen LogP contribution in [0.15, 0.2) is 60.7 Å². The molecule has 1 unspecified atom stereocenters. The van der Waals surface area contributed by atoms with Gasteiger partial charge >= 0.3 is 0 Å². The standard InChI is InChI=1S/C18H20N2O/c1-14(16-6-4-3-5-7-16)20(2)18(21)13-10-15-8-11-17(19)12-9-15/h3-14H,19H2,1-2H3/b13-10+. The molecule has 0 spiro atoms. The SMILES string of the molecule is CC(c1ccccc1)N(C)C(=O)/C=C/c1ccc(N)cc1. The second-order valence-electron chi connectivity index (χ2n) is 5.04. The smallest absolute Gasteiger partial charge is 0.246 e. The zero-order chi connectivity index (χ0) is 15.2. The summed E-state index contributed by atoms with van der Waals surface area (Å²) in [5, 5.41) is 0. The number of benzene rings is 2. The fourth-order valence-electron chi connectivity index (χ4n) is 2.04. The van der Waals surface area contributed by atoms with Crippen LogP contribution in [0.25, 0.3) is 6.08 Å². The highest BCUT2D eigenvalue weighted by atomic mass is 16.2. The highest BCUT2D eigenvalue weighted by Crippen LogP contribution is 2.18. The van der Waals surface area contributed by atoms with Gasteiger partial charge in [-0.3, -0.25) is 4.79 Å². The number of likely N-dealkylation sites (N-methyl/N-ethyl adjacent to an activating group) is 1. The van der Waals surface area contributed by atoms with Gasteiger partial charge in [-0.15, -0.1) is 0 Å². The van der Waals surface area contributed by atoms with Gasteiger partial charge in [-0.05, 0) is 36.3 Å². The normalized spacial score (nSPS) is 12.3. The van der Waals surface area contributed by atoms with Crippen molar-refractivity contribution in [3.8, 4) is 0 Å². The van der Waals surface area contributed by atoms with Gasteiger partial charge in [0.05, 0.1) is 6.04 Å². The number of nitrogens with two attached hydrogens (primary N) is 1. The van der Waals surface area contributed by atoms with Crippen molar-refractivity contribution < 1.29 is 4.79 Å². The minimum atomic E-state index is -0.0248. The van der Waals surface area contributed by atoms with E-state index in [-0.39, 0.29) is 11.9 Å². The number of nitrogens with zero attached hydrogens (tertiary/aromatic N) is 1. The minimum absolute atomic E-state index is 0.0248. The van der Waals surface area contributed by atoms with E-state index >= 15 is 0 Å². The molecule has 0 aliphatic carbocycles. The first-order chi connectivity index (χ1) is 10.1. The molecular weight excluding hydrogens is 260 g/mol. The van der Waals surface area contributed by atoms with Gasteiger partial charge in [0.25, 0.3) is 0 Å². The maximum absolute atomic E-state index is 12.2. The Labute approximate surface area is 125 Å². The van der Waals surface area contributed by atoms with E-state index in [0.29, 0.717) is 5.69 Å². The van der Waals surface area contributed by atoms with Gasteiger partial charge < -0.3 is 10.6 Å². The predicted molar refractivity (Wildman–Crippen MR) is 87.5 cm³/mol. The van der Waals surface area contributed by atoms with E-state index < -0.39 is 0 Å². The molecule has 0 saturated carbocycles. The summed E-state index contributed by atoms with van der Waals surface area (Å²) in [7, 11) is 1.81. The van der Waals surface area contributed by atoms with E-state index in [0.717, 1.165) is 11.1 Å². The number of rotatable bonds is 4. The maximum atomic E-state index is 12.2. The summed E-state index contributed by atoms with van der Waals surface area (Å²) in [6.45, 7) is 2.02. The van der Waals surface area contributed by atoms with Crippen LogP contribution in [-0.4, -0.2) is 17.9 Å². The first-order valence-electron chi connectivity index (χ1n) is 6.93. The number of hydrogen-bond acceptors (Lipinski definition) is 2. The number of nitrogen functional groups attached to an aromatic ring is 1. The molecule has 2 N–H and O–H groups in total. The molecule has 3 nitrogen and oxygen atoms in total. The van der Waals surface area contributed by atoms with E-state index in [9.17, 15) is 4.79 Å². The van der Waals surface area contributed by atoms with E-state index in [1.54, 1.807) is 17.1 Å². The zero-order valence-corrected chi connectivity index (χ0v) is 12.4. The highest BCUT2D eigenvalue weighted by Gasteiger charge is 2.14. The summed E-state index contributed by atoms with van der Waals surface area (Å²) in [5.74, 6) is -0.0248. The van der Waals surface area contributed by atoms with Crippen molar-refractivity contribution in [1.82, 2.24) is 4.90 Å². The lowest BCUT2D eigenvalue weighted by Crippen LogP contribution is -2.27. The van der Waals surface area contributed by atoms with Crippen LogP contribution in [0, 0.1) is 0 Å². The Morgan fingerprint density at radius 1 is 1.10 bits per heavy atom. The van der Waals surface area contributed by atoms with Crippen LogP contribution in [0.2, 0.25) is 0 Å². The van der Waals surface area contributed by atoms with E-state index in [2.05, 4.69) is 0 Å². The fourth-order valence-corrected chi connectivity index (χ4v) is 2.04. The summed E-state index contributed by atoms with van der Waals surface area (Å²) in [4.78, 5) is 13.9. The van der Waals surface area contributed by atoms with Gasteiger partial charge in [-0.25, -0.2) is 0 Å². The van der Waals surface area contributed by atoms with Crippen LogP contribution in [0.4, 0.5) is 5.69 Å². The average Bonchev–Trinajstić information content (AvgIpc) is 2.53. The molecule has 0 heterocycles. The van der Waals surface area contributed by atoms with E-state index in [4.69, 9.17) is 5.73 Å². The Balaban J connectivity index is 2.04. The van der Waals surface area contributed by atoms with Crippen molar-refractivity contribution in [2.45, 2.75) is 13.0 Å². The molecule has 108 valence electrons. The zero-order valence-electron chi connectivity index (χ0n) is 12.4. The van der Waals surface area contributed by atoms with Crippen molar-refractivity contribution in [3.63, 3.8) is 0 Å². The number of anilines is 1. The third-order valence-electron chi connectivity index (χ3n) is 3.57. The third kappa shape index (κ3) is 3.96. The minimum Gasteiger partial charge on any atom is -0.399 e. The molecule has 0 aliphatic rings. The van der Waals surface area contributed by atoms with Crippen molar-refractivity contribution in [3.05, 3.63) is 71.8 Å². The van der Waals surface area contributed by atoms with Crippen molar-refractivity contribution in [2.24, 2.45) is 0 Å². The van der Waals surface area contributed by atoms with Gasteiger partial charge in [-0.1, -0.05) is 42.5 Å². The maximum Gasteiger partial charge on any atom is 0.246 e. The number of hydrogen-bond donors (Lipinski definition) is 1. The highest BCUT2D eigenvalue weighted by molar-refractivity contribution is 5.91. The summed E-state index contributed by atoms with van der Waals surface area (Å²) < 4.78 is 0. The van der Waals surface area contributed by atoms with Crippen LogP contribution in [-0.2, 0) is 4.79 Å². The molecule has 0 radical (unpaired) electrons.